The summed E-state index contributed by atoms with van der Waals surface area (Å²) < 4.78 is 1.83. The van der Waals surface area contributed by atoms with E-state index in [1.807, 2.05) is 57.2 Å². The first-order valence-corrected chi connectivity index (χ1v) is 11.0. The van der Waals surface area contributed by atoms with E-state index >= 15 is 0 Å². The number of nitrogens with one attached hydrogen (secondary N) is 2. The Labute approximate surface area is 172 Å². The van der Waals surface area contributed by atoms with Crippen LogP contribution >= 0.6 is 23.1 Å². The summed E-state index contributed by atoms with van der Waals surface area (Å²) >= 11 is 2.95. The number of thioether (sulfide) groups is 1. The van der Waals surface area contributed by atoms with Gasteiger partial charge in [-0.15, -0.1) is 11.3 Å². The fourth-order valence-electron chi connectivity index (χ4n) is 2.69. The molecule has 3 rings (SSSR count). The molecule has 1 heterocycles. The third-order valence-electron chi connectivity index (χ3n) is 4.34. The van der Waals surface area contributed by atoms with Crippen molar-refractivity contribution in [2.75, 3.05) is 16.4 Å². The second kappa shape index (κ2) is 9.21. The average molecular weight is 414 g/mol. The minimum Gasteiger partial charge on any atom is -0.326 e. The smallest absolute Gasteiger partial charge is 0.234 e. The molecule has 0 fully saturated rings. The van der Waals surface area contributed by atoms with Crippen LogP contribution in [0.2, 0.25) is 0 Å². The minimum atomic E-state index is -0.0505. The number of thiazole rings is 1. The van der Waals surface area contributed by atoms with Gasteiger partial charge >= 0.3 is 0 Å². The van der Waals surface area contributed by atoms with E-state index in [0.29, 0.717) is 12.2 Å². The van der Waals surface area contributed by atoms with E-state index in [0.717, 1.165) is 43.5 Å². The lowest BCUT2D eigenvalue weighted by atomic mass is 10.1. The summed E-state index contributed by atoms with van der Waals surface area (Å²) in [4.78, 5) is 28.6. The quantitative estimate of drug-likeness (QED) is 0.510. The molecule has 0 saturated heterocycles. The van der Waals surface area contributed by atoms with Crippen molar-refractivity contribution in [2.45, 2.75) is 38.0 Å². The average Bonchev–Trinajstić information content (AvgIpc) is 3.06. The van der Waals surface area contributed by atoms with E-state index in [9.17, 15) is 9.59 Å². The molecule has 146 valence electrons. The van der Waals surface area contributed by atoms with Crippen molar-refractivity contribution in [3.8, 4) is 0 Å². The number of aryl methyl sites for hydroxylation is 1. The molecule has 0 bridgehead atoms. The Hall–Kier alpha value is -2.38. The summed E-state index contributed by atoms with van der Waals surface area (Å²) in [5.74, 6) is 0.266. The zero-order chi connectivity index (χ0) is 20.1. The number of carbonyl (C=O) groups excluding carboxylic acids is 2. The number of benzene rings is 2. The summed E-state index contributed by atoms with van der Waals surface area (Å²) in [5.41, 5.74) is 4.73. The van der Waals surface area contributed by atoms with Gasteiger partial charge in [0.1, 0.15) is 0 Å². The summed E-state index contributed by atoms with van der Waals surface area (Å²) in [7, 11) is 0. The minimum absolute atomic E-state index is 0.0177. The van der Waals surface area contributed by atoms with Crippen LogP contribution in [-0.2, 0) is 9.59 Å². The SMILES string of the molecule is CCCC(=O)Nc1ccc2nc(SCC(=O)Nc3cccc(C)c3C)sc2c1. The van der Waals surface area contributed by atoms with E-state index in [-0.39, 0.29) is 11.8 Å². The topological polar surface area (TPSA) is 71.1 Å². The Morgan fingerprint density at radius 1 is 1.11 bits per heavy atom. The highest BCUT2D eigenvalue weighted by Crippen LogP contribution is 2.31. The molecule has 0 atom stereocenters. The Bertz CT molecular complexity index is 1010. The number of amides is 2. The maximum absolute atomic E-state index is 12.3. The zero-order valence-electron chi connectivity index (χ0n) is 16.2. The van der Waals surface area contributed by atoms with Crippen LogP contribution in [0.15, 0.2) is 40.7 Å². The number of nitrogens with zero attached hydrogens (tertiary/aromatic N) is 1. The molecule has 7 heteroatoms. The molecule has 2 amide bonds. The van der Waals surface area contributed by atoms with Crippen LogP contribution in [0.4, 0.5) is 11.4 Å². The van der Waals surface area contributed by atoms with Crippen molar-refractivity contribution >= 4 is 56.5 Å². The second-order valence-electron chi connectivity index (χ2n) is 6.54. The van der Waals surface area contributed by atoms with Crippen LogP contribution in [0.1, 0.15) is 30.9 Å². The van der Waals surface area contributed by atoms with Crippen molar-refractivity contribution in [3.05, 3.63) is 47.5 Å². The predicted molar refractivity (Wildman–Crippen MR) is 118 cm³/mol. The van der Waals surface area contributed by atoms with E-state index in [2.05, 4.69) is 15.6 Å². The van der Waals surface area contributed by atoms with E-state index < -0.39 is 0 Å². The highest BCUT2D eigenvalue weighted by Gasteiger charge is 2.11. The number of rotatable bonds is 7. The molecule has 0 aliphatic heterocycles. The molecule has 5 nitrogen and oxygen atoms in total. The van der Waals surface area contributed by atoms with Crippen molar-refractivity contribution in [3.63, 3.8) is 0 Å². The molecule has 3 aromatic rings. The first kappa shape index (κ1) is 20.4. The number of carbonyl (C=O) groups is 2. The van der Waals surface area contributed by atoms with Crippen molar-refractivity contribution in [1.29, 1.82) is 0 Å². The van der Waals surface area contributed by atoms with Crippen LogP contribution in [-0.4, -0.2) is 22.6 Å². The van der Waals surface area contributed by atoms with E-state index in [4.69, 9.17) is 0 Å². The molecular weight excluding hydrogens is 390 g/mol. The number of hydrogen-bond donors (Lipinski definition) is 2. The maximum Gasteiger partial charge on any atom is 0.234 e. The molecule has 0 saturated carbocycles. The van der Waals surface area contributed by atoms with Crippen LogP contribution in [0, 0.1) is 13.8 Å². The molecule has 0 radical (unpaired) electrons. The predicted octanol–water partition coefficient (Wildman–Crippen LogP) is 5.38. The number of fused-ring (bicyclic) bond motifs is 1. The van der Waals surface area contributed by atoms with E-state index in [1.165, 1.54) is 23.1 Å². The van der Waals surface area contributed by atoms with Gasteiger partial charge in [0.25, 0.3) is 0 Å². The van der Waals surface area contributed by atoms with Gasteiger partial charge in [-0.3, -0.25) is 9.59 Å². The van der Waals surface area contributed by atoms with Gasteiger partial charge < -0.3 is 10.6 Å². The summed E-state index contributed by atoms with van der Waals surface area (Å²) in [6, 6.07) is 11.6. The van der Waals surface area contributed by atoms with Gasteiger partial charge in [0, 0.05) is 17.8 Å². The Kier molecular flexibility index (Phi) is 6.70. The Morgan fingerprint density at radius 2 is 1.93 bits per heavy atom. The molecule has 1 aromatic heterocycles. The number of aromatic nitrogens is 1. The van der Waals surface area contributed by atoms with Gasteiger partial charge in [0.15, 0.2) is 4.34 Å². The fourth-order valence-corrected chi connectivity index (χ4v) is 4.60. The largest absolute Gasteiger partial charge is 0.326 e. The van der Waals surface area contributed by atoms with Gasteiger partial charge in [-0.2, -0.15) is 0 Å². The molecule has 0 aliphatic rings. The van der Waals surface area contributed by atoms with Gasteiger partial charge in [0.2, 0.25) is 11.8 Å². The molecule has 0 aliphatic carbocycles. The zero-order valence-corrected chi connectivity index (χ0v) is 17.8. The normalized spacial score (nSPS) is 10.8. The second-order valence-corrected chi connectivity index (χ2v) is 8.80. The van der Waals surface area contributed by atoms with Gasteiger partial charge in [-0.25, -0.2) is 4.98 Å². The number of hydrogen-bond acceptors (Lipinski definition) is 5. The van der Waals surface area contributed by atoms with Crippen molar-refractivity contribution < 1.29 is 9.59 Å². The fraction of sp³-hybridized carbons (Fsp3) is 0.286. The monoisotopic (exact) mass is 413 g/mol. The van der Waals surface area contributed by atoms with Gasteiger partial charge in [0.05, 0.1) is 16.0 Å². The van der Waals surface area contributed by atoms with E-state index in [1.54, 1.807) is 0 Å². The lowest BCUT2D eigenvalue weighted by Gasteiger charge is -2.09. The molecule has 0 unspecified atom stereocenters. The van der Waals surface area contributed by atoms with Crippen LogP contribution in [0.5, 0.6) is 0 Å². The lowest BCUT2D eigenvalue weighted by molar-refractivity contribution is -0.116. The van der Waals surface area contributed by atoms with Gasteiger partial charge in [-0.1, -0.05) is 30.8 Å². The summed E-state index contributed by atoms with van der Waals surface area (Å²) in [6.45, 7) is 6.01. The first-order valence-electron chi connectivity index (χ1n) is 9.15. The van der Waals surface area contributed by atoms with Crippen LogP contribution in [0.3, 0.4) is 0 Å². The van der Waals surface area contributed by atoms with Crippen LogP contribution in [0.25, 0.3) is 10.2 Å². The summed E-state index contributed by atoms with van der Waals surface area (Å²) in [6.07, 6.45) is 1.33. The molecule has 28 heavy (non-hydrogen) atoms. The highest BCUT2D eigenvalue weighted by molar-refractivity contribution is 8.01. The molecule has 2 aromatic carbocycles. The highest BCUT2D eigenvalue weighted by atomic mass is 32.2. The Balaban J connectivity index is 1.62. The third-order valence-corrected chi connectivity index (χ3v) is 6.50. The maximum atomic E-state index is 12.3. The number of anilines is 2. The Morgan fingerprint density at radius 3 is 2.71 bits per heavy atom. The molecular formula is C21H23N3O2S2. The molecule has 2 N–H and O–H groups in total. The summed E-state index contributed by atoms with van der Waals surface area (Å²) in [5, 5.41) is 5.87. The standard InChI is InChI=1S/C21H23N3O2S2/c1-4-6-19(25)22-15-9-10-17-18(11-15)28-21(24-17)27-12-20(26)23-16-8-5-7-13(2)14(16)3/h5,7-11H,4,6,12H2,1-3H3,(H,22,25)(H,23,26). The first-order chi connectivity index (χ1) is 13.5. The van der Waals surface area contributed by atoms with Crippen molar-refractivity contribution in [2.24, 2.45) is 0 Å². The van der Waals surface area contributed by atoms with Gasteiger partial charge in [-0.05, 0) is 55.7 Å². The van der Waals surface area contributed by atoms with Crippen molar-refractivity contribution in [1.82, 2.24) is 4.98 Å². The lowest BCUT2D eigenvalue weighted by Crippen LogP contribution is -2.15. The third kappa shape index (κ3) is 5.11. The molecule has 0 spiro atoms. The van der Waals surface area contributed by atoms with Crippen LogP contribution < -0.4 is 10.6 Å².